The SMILES string of the molecule is CCC(CN)Cc1nc2cnccc2n1C1CC1. The Morgan fingerprint density at radius 3 is 3.00 bits per heavy atom. The molecular weight excluding hydrogens is 224 g/mol. The van der Waals surface area contributed by atoms with Crippen molar-refractivity contribution in [3.05, 3.63) is 24.3 Å². The van der Waals surface area contributed by atoms with Crippen LogP contribution in [0, 0.1) is 5.92 Å². The van der Waals surface area contributed by atoms with Gasteiger partial charge in [-0.3, -0.25) is 4.98 Å². The van der Waals surface area contributed by atoms with Crippen molar-refractivity contribution in [1.29, 1.82) is 0 Å². The third kappa shape index (κ3) is 2.01. The third-order valence-electron chi connectivity index (χ3n) is 3.86. The molecule has 0 spiro atoms. The molecule has 0 radical (unpaired) electrons. The second kappa shape index (κ2) is 4.69. The number of fused-ring (bicyclic) bond motifs is 1. The molecule has 0 aliphatic heterocycles. The Bertz CT molecular complexity index is 538. The average Bonchev–Trinajstić information content (AvgIpc) is 3.17. The van der Waals surface area contributed by atoms with Crippen molar-refractivity contribution >= 4 is 11.0 Å². The average molecular weight is 244 g/mol. The lowest BCUT2D eigenvalue weighted by molar-refractivity contribution is 0.492. The first-order valence-electron chi connectivity index (χ1n) is 6.84. The van der Waals surface area contributed by atoms with Crippen LogP contribution >= 0.6 is 0 Å². The van der Waals surface area contributed by atoms with Gasteiger partial charge < -0.3 is 10.3 Å². The van der Waals surface area contributed by atoms with E-state index >= 15 is 0 Å². The van der Waals surface area contributed by atoms with Crippen LogP contribution < -0.4 is 5.73 Å². The predicted molar refractivity (Wildman–Crippen MR) is 72.3 cm³/mol. The quantitative estimate of drug-likeness (QED) is 0.878. The summed E-state index contributed by atoms with van der Waals surface area (Å²) in [5.41, 5.74) is 8.07. The fraction of sp³-hybridized carbons (Fsp3) is 0.571. The first-order valence-corrected chi connectivity index (χ1v) is 6.84. The molecule has 4 heteroatoms. The number of nitrogens with zero attached hydrogens (tertiary/aromatic N) is 3. The van der Waals surface area contributed by atoms with Gasteiger partial charge in [0.25, 0.3) is 0 Å². The maximum Gasteiger partial charge on any atom is 0.110 e. The second-order valence-corrected chi connectivity index (χ2v) is 5.21. The standard InChI is InChI=1S/C14H20N4/c1-2-10(8-15)7-14-17-12-9-16-6-5-13(12)18(14)11-3-4-11/h5-6,9-11H,2-4,7-8,15H2,1H3. The smallest absolute Gasteiger partial charge is 0.110 e. The van der Waals surface area contributed by atoms with Gasteiger partial charge in [-0.2, -0.15) is 0 Å². The summed E-state index contributed by atoms with van der Waals surface area (Å²) in [6.07, 6.45) is 8.37. The number of hydrogen-bond donors (Lipinski definition) is 1. The van der Waals surface area contributed by atoms with E-state index in [-0.39, 0.29) is 0 Å². The van der Waals surface area contributed by atoms with Crippen molar-refractivity contribution in [2.24, 2.45) is 11.7 Å². The molecule has 3 rings (SSSR count). The molecule has 1 aliphatic carbocycles. The second-order valence-electron chi connectivity index (χ2n) is 5.21. The molecule has 0 bridgehead atoms. The first kappa shape index (κ1) is 11.7. The zero-order valence-electron chi connectivity index (χ0n) is 10.8. The fourth-order valence-electron chi connectivity index (χ4n) is 2.54. The molecule has 1 atom stereocenters. The number of hydrogen-bond acceptors (Lipinski definition) is 3. The summed E-state index contributed by atoms with van der Waals surface area (Å²) < 4.78 is 2.41. The van der Waals surface area contributed by atoms with Gasteiger partial charge in [-0.25, -0.2) is 4.98 Å². The highest BCUT2D eigenvalue weighted by Crippen LogP contribution is 2.39. The molecule has 1 fully saturated rings. The molecule has 96 valence electrons. The van der Waals surface area contributed by atoms with E-state index in [2.05, 4.69) is 22.5 Å². The van der Waals surface area contributed by atoms with Crippen LogP contribution in [0.5, 0.6) is 0 Å². The van der Waals surface area contributed by atoms with Gasteiger partial charge in [-0.1, -0.05) is 13.3 Å². The van der Waals surface area contributed by atoms with E-state index in [1.54, 1.807) is 0 Å². The Labute approximate surface area is 107 Å². The Hall–Kier alpha value is -1.42. The van der Waals surface area contributed by atoms with Crippen molar-refractivity contribution in [3.63, 3.8) is 0 Å². The molecular formula is C14H20N4. The molecule has 0 aromatic carbocycles. The summed E-state index contributed by atoms with van der Waals surface area (Å²) in [6.45, 7) is 2.94. The summed E-state index contributed by atoms with van der Waals surface area (Å²) in [4.78, 5) is 8.92. The zero-order valence-corrected chi connectivity index (χ0v) is 10.8. The molecule has 2 N–H and O–H groups in total. The number of pyridine rings is 1. The Kier molecular flexibility index (Phi) is 3.04. The number of aromatic nitrogens is 3. The van der Waals surface area contributed by atoms with Crippen LogP contribution in [0.4, 0.5) is 0 Å². The fourth-order valence-corrected chi connectivity index (χ4v) is 2.54. The van der Waals surface area contributed by atoms with Gasteiger partial charge in [0.2, 0.25) is 0 Å². The number of nitrogens with two attached hydrogens (primary N) is 1. The van der Waals surface area contributed by atoms with Gasteiger partial charge in [-0.15, -0.1) is 0 Å². The van der Waals surface area contributed by atoms with Gasteiger partial charge in [-0.05, 0) is 31.4 Å². The van der Waals surface area contributed by atoms with Crippen LogP contribution in [0.3, 0.4) is 0 Å². The Morgan fingerprint density at radius 1 is 1.50 bits per heavy atom. The van der Waals surface area contributed by atoms with Crippen LogP contribution in [0.25, 0.3) is 11.0 Å². The van der Waals surface area contributed by atoms with E-state index in [9.17, 15) is 0 Å². The van der Waals surface area contributed by atoms with Crippen LogP contribution in [-0.4, -0.2) is 21.1 Å². The molecule has 4 nitrogen and oxygen atoms in total. The lowest BCUT2D eigenvalue weighted by Crippen LogP contribution is -2.18. The Morgan fingerprint density at radius 2 is 2.33 bits per heavy atom. The molecule has 18 heavy (non-hydrogen) atoms. The van der Waals surface area contributed by atoms with E-state index < -0.39 is 0 Å². The minimum Gasteiger partial charge on any atom is -0.330 e. The first-order chi connectivity index (χ1) is 8.83. The summed E-state index contributed by atoms with van der Waals surface area (Å²) in [7, 11) is 0. The lowest BCUT2D eigenvalue weighted by atomic mass is 10.0. The van der Waals surface area contributed by atoms with Gasteiger partial charge in [0.1, 0.15) is 11.3 Å². The topological polar surface area (TPSA) is 56.7 Å². The minimum absolute atomic E-state index is 0.535. The molecule has 2 aromatic heterocycles. The van der Waals surface area contributed by atoms with Crippen molar-refractivity contribution in [2.75, 3.05) is 6.54 Å². The maximum absolute atomic E-state index is 5.82. The molecule has 1 unspecified atom stereocenters. The van der Waals surface area contributed by atoms with Crippen LogP contribution in [0.2, 0.25) is 0 Å². The number of rotatable bonds is 5. The van der Waals surface area contributed by atoms with E-state index in [0.717, 1.165) is 24.9 Å². The summed E-state index contributed by atoms with van der Waals surface area (Å²) in [5, 5.41) is 0. The predicted octanol–water partition coefficient (Wildman–Crippen LogP) is 2.29. The van der Waals surface area contributed by atoms with Crippen LogP contribution in [0.1, 0.15) is 38.1 Å². The summed E-state index contributed by atoms with van der Waals surface area (Å²) >= 11 is 0. The van der Waals surface area contributed by atoms with Crippen molar-refractivity contribution < 1.29 is 0 Å². The molecule has 0 amide bonds. The van der Waals surface area contributed by atoms with Crippen LogP contribution in [-0.2, 0) is 6.42 Å². The minimum atomic E-state index is 0.535. The highest BCUT2D eigenvalue weighted by atomic mass is 15.1. The largest absolute Gasteiger partial charge is 0.330 e. The molecule has 2 aromatic rings. The normalized spacial score (nSPS) is 17.2. The summed E-state index contributed by atoms with van der Waals surface area (Å²) in [6, 6.07) is 2.73. The van der Waals surface area contributed by atoms with Crippen molar-refractivity contribution in [3.8, 4) is 0 Å². The van der Waals surface area contributed by atoms with Crippen molar-refractivity contribution in [2.45, 2.75) is 38.6 Å². The molecule has 1 aliphatic rings. The summed E-state index contributed by atoms with van der Waals surface area (Å²) in [5.74, 6) is 1.73. The van der Waals surface area contributed by atoms with Gasteiger partial charge >= 0.3 is 0 Å². The van der Waals surface area contributed by atoms with E-state index in [4.69, 9.17) is 10.7 Å². The molecule has 2 heterocycles. The third-order valence-corrected chi connectivity index (χ3v) is 3.86. The van der Waals surface area contributed by atoms with Crippen molar-refractivity contribution in [1.82, 2.24) is 14.5 Å². The van der Waals surface area contributed by atoms with Gasteiger partial charge in [0.15, 0.2) is 0 Å². The highest BCUT2D eigenvalue weighted by molar-refractivity contribution is 5.75. The van der Waals surface area contributed by atoms with Crippen LogP contribution in [0.15, 0.2) is 18.5 Å². The zero-order chi connectivity index (χ0) is 12.5. The molecule has 1 saturated carbocycles. The van der Waals surface area contributed by atoms with E-state index in [1.165, 1.54) is 24.2 Å². The van der Waals surface area contributed by atoms with E-state index in [1.807, 2.05) is 12.4 Å². The molecule has 0 saturated heterocycles. The van der Waals surface area contributed by atoms with Gasteiger partial charge in [0.05, 0.1) is 11.7 Å². The number of imidazole rings is 1. The van der Waals surface area contributed by atoms with E-state index in [0.29, 0.717) is 12.0 Å². The van der Waals surface area contributed by atoms with Gasteiger partial charge in [0, 0.05) is 18.7 Å². The monoisotopic (exact) mass is 244 g/mol. The maximum atomic E-state index is 5.82. The highest BCUT2D eigenvalue weighted by Gasteiger charge is 2.28. The lowest BCUT2D eigenvalue weighted by Gasteiger charge is -2.13. The Balaban J connectivity index is 2.01.